The molecule has 0 saturated heterocycles. The monoisotopic (exact) mass is 237 g/mol. The zero-order chi connectivity index (χ0) is 12.7. The number of hydrogen-bond acceptors (Lipinski definition) is 1. The number of hydrogen-bond donors (Lipinski definition) is 1. The summed E-state index contributed by atoms with van der Waals surface area (Å²) in [5.41, 5.74) is 1.08. The zero-order valence-electron chi connectivity index (χ0n) is 11.2. The molecule has 1 aromatic carbocycles. The van der Waals surface area contributed by atoms with Crippen LogP contribution in [0, 0.1) is 11.7 Å². The van der Waals surface area contributed by atoms with E-state index in [1.807, 2.05) is 6.07 Å². The van der Waals surface area contributed by atoms with Crippen LogP contribution in [-0.4, -0.2) is 12.6 Å². The largest absolute Gasteiger partial charge is 0.314 e. The zero-order valence-corrected chi connectivity index (χ0v) is 11.2. The maximum absolute atomic E-state index is 13.1. The molecule has 0 saturated carbocycles. The maximum atomic E-state index is 13.1. The molecule has 0 heterocycles. The van der Waals surface area contributed by atoms with E-state index in [0.717, 1.165) is 30.9 Å². The van der Waals surface area contributed by atoms with Gasteiger partial charge in [-0.2, -0.15) is 0 Å². The molecule has 1 nitrogen and oxygen atoms in total. The molecule has 1 rings (SSSR count). The van der Waals surface area contributed by atoms with E-state index in [4.69, 9.17) is 0 Å². The van der Waals surface area contributed by atoms with E-state index in [9.17, 15) is 4.39 Å². The van der Waals surface area contributed by atoms with Crippen molar-refractivity contribution in [3.8, 4) is 0 Å². The van der Waals surface area contributed by atoms with Gasteiger partial charge in [0.1, 0.15) is 5.82 Å². The molecule has 1 N–H and O–H groups in total. The van der Waals surface area contributed by atoms with E-state index in [1.165, 1.54) is 12.5 Å². The Kier molecular flexibility index (Phi) is 6.20. The summed E-state index contributed by atoms with van der Waals surface area (Å²) in [5.74, 6) is 0.588. The minimum Gasteiger partial charge on any atom is -0.314 e. The SMILES string of the molecule is CCNC(CCC(C)C)Cc1cccc(F)c1. The highest BCUT2D eigenvalue weighted by atomic mass is 19.1. The van der Waals surface area contributed by atoms with Gasteiger partial charge in [-0.05, 0) is 49.4 Å². The van der Waals surface area contributed by atoms with E-state index < -0.39 is 0 Å². The summed E-state index contributed by atoms with van der Waals surface area (Å²) >= 11 is 0. The Morgan fingerprint density at radius 3 is 2.59 bits per heavy atom. The molecule has 0 aliphatic heterocycles. The topological polar surface area (TPSA) is 12.0 Å². The van der Waals surface area contributed by atoms with Gasteiger partial charge in [-0.25, -0.2) is 4.39 Å². The highest BCUT2D eigenvalue weighted by molar-refractivity contribution is 5.17. The third-order valence-corrected chi connectivity index (χ3v) is 2.96. The van der Waals surface area contributed by atoms with Gasteiger partial charge in [-0.15, -0.1) is 0 Å². The highest BCUT2D eigenvalue weighted by Gasteiger charge is 2.09. The Morgan fingerprint density at radius 1 is 1.24 bits per heavy atom. The average molecular weight is 237 g/mol. The van der Waals surface area contributed by atoms with Gasteiger partial charge < -0.3 is 5.32 Å². The van der Waals surface area contributed by atoms with Crippen LogP contribution in [0.3, 0.4) is 0 Å². The van der Waals surface area contributed by atoms with Crippen LogP contribution in [0.4, 0.5) is 4.39 Å². The molecule has 0 aliphatic carbocycles. The molecular weight excluding hydrogens is 213 g/mol. The van der Waals surface area contributed by atoms with Crippen molar-refractivity contribution in [2.75, 3.05) is 6.54 Å². The molecule has 0 bridgehead atoms. The van der Waals surface area contributed by atoms with Gasteiger partial charge in [0.05, 0.1) is 0 Å². The van der Waals surface area contributed by atoms with Crippen LogP contribution in [-0.2, 0) is 6.42 Å². The molecule has 17 heavy (non-hydrogen) atoms. The minimum atomic E-state index is -0.137. The molecule has 2 heteroatoms. The average Bonchev–Trinajstić information content (AvgIpc) is 2.26. The molecule has 96 valence electrons. The van der Waals surface area contributed by atoms with Gasteiger partial charge in [-0.3, -0.25) is 0 Å². The summed E-state index contributed by atoms with van der Waals surface area (Å²) in [6.45, 7) is 7.57. The van der Waals surface area contributed by atoms with Crippen LogP contribution in [0.15, 0.2) is 24.3 Å². The fourth-order valence-electron chi connectivity index (χ4n) is 2.05. The predicted octanol–water partition coefficient (Wildman–Crippen LogP) is 3.78. The summed E-state index contributed by atoms with van der Waals surface area (Å²) in [7, 11) is 0. The molecule has 1 aromatic rings. The van der Waals surface area contributed by atoms with Gasteiger partial charge in [0.25, 0.3) is 0 Å². The first-order chi connectivity index (χ1) is 8.11. The number of likely N-dealkylation sites (N-methyl/N-ethyl adjacent to an activating group) is 1. The number of benzene rings is 1. The Morgan fingerprint density at radius 2 is 2.00 bits per heavy atom. The van der Waals surface area contributed by atoms with Crippen LogP contribution >= 0.6 is 0 Å². The van der Waals surface area contributed by atoms with E-state index in [-0.39, 0.29) is 5.82 Å². The lowest BCUT2D eigenvalue weighted by Gasteiger charge is -2.19. The number of nitrogens with one attached hydrogen (secondary N) is 1. The van der Waals surface area contributed by atoms with Crippen molar-refractivity contribution in [3.05, 3.63) is 35.6 Å². The number of rotatable bonds is 7. The summed E-state index contributed by atoms with van der Waals surface area (Å²) in [6.07, 6.45) is 3.29. The second-order valence-electron chi connectivity index (χ2n) is 5.06. The summed E-state index contributed by atoms with van der Waals surface area (Å²) in [6, 6.07) is 7.39. The lowest BCUT2D eigenvalue weighted by molar-refractivity contribution is 0.434. The standard InChI is InChI=1S/C15H24FN/c1-4-17-15(9-8-12(2)3)11-13-6-5-7-14(16)10-13/h5-7,10,12,15,17H,4,8-9,11H2,1-3H3. The van der Waals surface area contributed by atoms with E-state index in [2.05, 4.69) is 26.1 Å². The van der Waals surface area contributed by atoms with Crippen molar-refractivity contribution in [2.45, 2.75) is 46.1 Å². The van der Waals surface area contributed by atoms with Gasteiger partial charge in [-0.1, -0.05) is 32.9 Å². The molecule has 1 unspecified atom stereocenters. The first kappa shape index (κ1) is 14.2. The van der Waals surface area contributed by atoms with Gasteiger partial charge >= 0.3 is 0 Å². The molecule has 1 atom stereocenters. The van der Waals surface area contributed by atoms with Gasteiger partial charge in [0, 0.05) is 6.04 Å². The fraction of sp³-hybridized carbons (Fsp3) is 0.600. The minimum absolute atomic E-state index is 0.137. The van der Waals surface area contributed by atoms with Crippen molar-refractivity contribution in [1.29, 1.82) is 0 Å². The first-order valence-corrected chi connectivity index (χ1v) is 6.59. The molecular formula is C15H24FN. The van der Waals surface area contributed by atoms with Crippen LogP contribution in [0.1, 0.15) is 39.2 Å². The predicted molar refractivity (Wildman–Crippen MR) is 71.6 cm³/mol. The summed E-state index contributed by atoms with van der Waals surface area (Å²) in [5, 5.41) is 3.48. The van der Waals surface area contributed by atoms with E-state index in [1.54, 1.807) is 12.1 Å². The first-order valence-electron chi connectivity index (χ1n) is 6.59. The Hall–Kier alpha value is -0.890. The van der Waals surface area contributed by atoms with Crippen LogP contribution in [0.5, 0.6) is 0 Å². The third kappa shape index (κ3) is 5.83. The van der Waals surface area contributed by atoms with Crippen molar-refractivity contribution < 1.29 is 4.39 Å². The van der Waals surface area contributed by atoms with Gasteiger partial charge in [0.2, 0.25) is 0 Å². The van der Waals surface area contributed by atoms with Crippen molar-refractivity contribution in [2.24, 2.45) is 5.92 Å². The van der Waals surface area contributed by atoms with E-state index >= 15 is 0 Å². The van der Waals surface area contributed by atoms with Crippen LogP contribution in [0.25, 0.3) is 0 Å². The fourth-order valence-corrected chi connectivity index (χ4v) is 2.05. The normalized spacial score (nSPS) is 13.0. The highest BCUT2D eigenvalue weighted by Crippen LogP contribution is 2.12. The van der Waals surface area contributed by atoms with E-state index in [0.29, 0.717) is 6.04 Å². The molecule has 0 spiro atoms. The third-order valence-electron chi connectivity index (χ3n) is 2.96. The second-order valence-corrected chi connectivity index (χ2v) is 5.06. The second kappa shape index (κ2) is 7.44. The molecule has 0 amide bonds. The molecule has 0 aromatic heterocycles. The summed E-state index contributed by atoms with van der Waals surface area (Å²) < 4.78 is 13.1. The Balaban J connectivity index is 2.53. The Labute approximate surface area is 104 Å². The van der Waals surface area contributed by atoms with Gasteiger partial charge in [0.15, 0.2) is 0 Å². The lowest BCUT2D eigenvalue weighted by atomic mass is 9.98. The van der Waals surface area contributed by atoms with Crippen LogP contribution in [0.2, 0.25) is 0 Å². The van der Waals surface area contributed by atoms with Crippen molar-refractivity contribution in [1.82, 2.24) is 5.32 Å². The van der Waals surface area contributed by atoms with Crippen molar-refractivity contribution in [3.63, 3.8) is 0 Å². The molecule has 0 radical (unpaired) electrons. The maximum Gasteiger partial charge on any atom is 0.123 e. The lowest BCUT2D eigenvalue weighted by Crippen LogP contribution is -2.31. The molecule has 0 aliphatic rings. The molecule has 0 fully saturated rings. The van der Waals surface area contributed by atoms with Crippen molar-refractivity contribution >= 4 is 0 Å². The smallest absolute Gasteiger partial charge is 0.123 e. The summed E-state index contributed by atoms with van der Waals surface area (Å²) in [4.78, 5) is 0. The number of halogens is 1. The van der Waals surface area contributed by atoms with Crippen LogP contribution < -0.4 is 5.32 Å². The quantitative estimate of drug-likeness (QED) is 0.761. The Bertz CT molecular complexity index is 322.